The van der Waals surface area contributed by atoms with Crippen molar-refractivity contribution in [2.24, 2.45) is 0 Å². The largest absolute Gasteiger partial charge is 0.358 e. The Morgan fingerprint density at radius 2 is 2.03 bits per heavy atom. The highest BCUT2D eigenvalue weighted by molar-refractivity contribution is 6.35. The minimum absolute atomic E-state index is 0.0386. The Morgan fingerprint density at radius 3 is 2.88 bits per heavy atom. The number of fused-ring (bicyclic) bond motifs is 2. The molecule has 160 valence electrons. The van der Waals surface area contributed by atoms with Gasteiger partial charge in [0.15, 0.2) is 0 Å². The van der Waals surface area contributed by atoms with E-state index in [1.54, 1.807) is 6.20 Å². The standard InChI is InChI=1S/C25H22ClN5O/c1-16-6-4-7-20(28-16)23-24(30-12-5-11-27-25(30)29-23)17-9-10-21-18(14-17)19(26)15-31(21)22-8-2-3-13-32-22/h4-7,9-12,14-15,22H,2-3,8,13H2,1H3. The number of benzene rings is 1. The van der Waals surface area contributed by atoms with E-state index >= 15 is 0 Å². The summed E-state index contributed by atoms with van der Waals surface area (Å²) in [6.07, 6.45) is 9.06. The molecule has 1 atom stereocenters. The molecule has 0 amide bonds. The third-order valence-corrected chi connectivity index (χ3v) is 6.36. The van der Waals surface area contributed by atoms with Crippen molar-refractivity contribution in [2.45, 2.75) is 32.4 Å². The van der Waals surface area contributed by atoms with Gasteiger partial charge in [-0.05, 0) is 56.5 Å². The molecule has 0 radical (unpaired) electrons. The predicted molar refractivity (Wildman–Crippen MR) is 126 cm³/mol. The van der Waals surface area contributed by atoms with E-state index in [0.717, 1.165) is 63.7 Å². The number of imidazole rings is 1. The number of aryl methyl sites for hydroxylation is 1. The molecule has 1 aliphatic rings. The van der Waals surface area contributed by atoms with Crippen molar-refractivity contribution in [3.63, 3.8) is 0 Å². The van der Waals surface area contributed by atoms with Crippen LogP contribution in [-0.2, 0) is 4.74 Å². The van der Waals surface area contributed by atoms with Crippen LogP contribution in [0.2, 0.25) is 5.02 Å². The topological polar surface area (TPSA) is 57.2 Å². The number of rotatable bonds is 3. The van der Waals surface area contributed by atoms with Crippen LogP contribution in [-0.4, -0.2) is 30.5 Å². The molecule has 1 fully saturated rings. The molecule has 0 N–H and O–H groups in total. The lowest BCUT2D eigenvalue weighted by Crippen LogP contribution is -2.17. The van der Waals surface area contributed by atoms with Gasteiger partial charge in [-0.2, -0.15) is 0 Å². The molecule has 5 heterocycles. The quantitative estimate of drug-likeness (QED) is 0.339. The van der Waals surface area contributed by atoms with Crippen molar-refractivity contribution in [1.29, 1.82) is 0 Å². The smallest absolute Gasteiger partial charge is 0.234 e. The highest BCUT2D eigenvalue weighted by Gasteiger charge is 2.22. The predicted octanol–water partition coefficient (Wildman–Crippen LogP) is 6.07. The summed E-state index contributed by atoms with van der Waals surface area (Å²) in [5, 5.41) is 1.72. The highest BCUT2D eigenvalue weighted by atomic mass is 35.5. The molecule has 1 aliphatic heterocycles. The first-order chi connectivity index (χ1) is 15.7. The second kappa shape index (κ2) is 7.73. The molecule has 32 heavy (non-hydrogen) atoms. The van der Waals surface area contributed by atoms with Crippen molar-refractivity contribution in [3.8, 4) is 22.6 Å². The van der Waals surface area contributed by atoms with Crippen LogP contribution < -0.4 is 0 Å². The molecule has 5 aromatic rings. The Labute approximate surface area is 190 Å². The number of nitrogens with zero attached hydrogens (tertiary/aromatic N) is 5. The van der Waals surface area contributed by atoms with E-state index in [1.807, 2.05) is 48.0 Å². The first kappa shape index (κ1) is 19.5. The van der Waals surface area contributed by atoms with E-state index in [0.29, 0.717) is 5.78 Å². The second-order valence-electron chi connectivity index (χ2n) is 8.20. The van der Waals surface area contributed by atoms with Gasteiger partial charge < -0.3 is 9.30 Å². The summed E-state index contributed by atoms with van der Waals surface area (Å²) in [7, 11) is 0. The fourth-order valence-electron chi connectivity index (χ4n) is 4.56. The Hall–Kier alpha value is -3.22. The molecule has 4 aromatic heterocycles. The fourth-order valence-corrected chi connectivity index (χ4v) is 4.82. The number of hydrogen-bond acceptors (Lipinski definition) is 4. The molecule has 1 unspecified atom stereocenters. The molecule has 6 nitrogen and oxygen atoms in total. The van der Waals surface area contributed by atoms with Crippen LogP contribution in [0.15, 0.2) is 61.1 Å². The zero-order valence-corrected chi connectivity index (χ0v) is 18.5. The van der Waals surface area contributed by atoms with Crippen LogP contribution >= 0.6 is 11.6 Å². The van der Waals surface area contributed by atoms with Gasteiger partial charge in [0.2, 0.25) is 5.78 Å². The molecule has 0 bridgehead atoms. The number of hydrogen-bond donors (Lipinski definition) is 0. The maximum atomic E-state index is 6.70. The van der Waals surface area contributed by atoms with Gasteiger partial charge in [0.25, 0.3) is 0 Å². The third-order valence-electron chi connectivity index (χ3n) is 6.06. The molecule has 7 heteroatoms. The van der Waals surface area contributed by atoms with Crippen LogP contribution in [0.1, 0.15) is 31.2 Å². The van der Waals surface area contributed by atoms with E-state index in [9.17, 15) is 0 Å². The minimum atomic E-state index is 0.0386. The molecule has 1 aromatic carbocycles. The average molecular weight is 444 g/mol. The van der Waals surface area contributed by atoms with Crippen molar-refractivity contribution < 1.29 is 4.74 Å². The molecule has 1 saturated heterocycles. The fraction of sp³-hybridized carbons (Fsp3) is 0.240. The molecule has 6 rings (SSSR count). The summed E-state index contributed by atoms with van der Waals surface area (Å²) in [6, 6.07) is 14.3. The minimum Gasteiger partial charge on any atom is -0.358 e. The van der Waals surface area contributed by atoms with Gasteiger partial charge in [-0.15, -0.1) is 0 Å². The van der Waals surface area contributed by atoms with Crippen LogP contribution in [0.3, 0.4) is 0 Å². The van der Waals surface area contributed by atoms with E-state index in [4.69, 9.17) is 26.3 Å². The summed E-state index contributed by atoms with van der Waals surface area (Å²) >= 11 is 6.70. The molecular weight excluding hydrogens is 422 g/mol. The SMILES string of the molecule is Cc1cccc(-c2nc3ncccn3c2-c2ccc3c(c2)c(Cl)cn3C2CCCCO2)n1. The number of halogens is 1. The summed E-state index contributed by atoms with van der Waals surface area (Å²) in [6.45, 7) is 2.78. The van der Waals surface area contributed by atoms with Gasteiger partial charge in [-0.25, -0.2) is 9.97 Å². The Morgan fingerprint density at radius 1 is 1.09 bits per heavy atom. The van der Waals surface area contributed by atoms with Crippen LogP contribution in [0.5, 0.6) is 0 Å². The zero-order valence-electron chi connectivity index (χ0n) is 17.7. The van der Waals surface area contributed by atoms with Gasteiger partial charge in [0.05, 0.1) is 21.9 Å². The van der Waals surface area contributed by atoms with E-state index < -0.39 is 0 Å². The van der Waals surface area contributed by atoms with E-state index in [2.05, 4.69) is 27.8 Å². The van der Waals surface area contributed by atoms with Gasteiger partial charge in [-0.1, -0.05) is 23.7 Å². The first-order valence-electron chi connectivity index (χ1n) is 10.9. The molecular formula is C25H22ClN5O. The first-order valence-corrected chi connectivity index (χ1v) is 11.3. The van der Waals surface area contributed by atoms with Gasteiger partial charge in [-0.3, -0.25) is 9.38 Å². The monoisotopic (exact) mass is 443 g/mol. The summed E-state index contributed by atoms with van der Waals surface area (Å²) < 4.78 is 10.2. The van der Waals surface area contributed by atoms with Crippen molar-refractivity contribution >= 4 is 28.3 Å². The van der Waals surface area contributed by atoms with Crippen LogP contribution in [0.25, 0.3) is 39.3 Å². The summed E-state index contributed by atoms with van der Waals surface area (Å²) in [5.74, 6) is 0.639. The molecule has 0 saturated carbocycles. The average Bonchev–Trinajstić information content (AvgIpc) is 3.37. The Kier molecular flexibility index (Phi) is 4.70. The van der Waals surface area contributed by atoms with Crippen LogP contribution in [0.4, 0.5) is 0 Å². The maximum absolute atomic E-state index is 6.70. The lowest BCUT2D eigenvalue weighted by molar-refractivity contribution is -0.0291. The third kappa shape index (κ3) is 3.18. The number of aromatic nitrogens is 5. The van der Waals surface area contributed by atoms with Gasteiger partial charge in [0.1, 0.15) is 11.9 Å². The van der Waals surface area contributed by atoms with Crippen molar-refractivity contribution in [2.75, 3.05) is 6.61 Å². The highest BCUT2D eigenvalue weighted by Crippen LogP contribution is 2.37. The zero-order chi connectivity index (χ0) is 21.7. The van der Waals surface area contributed by atoms with Crippen molar-refractivity contribution in [3.05, 3.63) is 71.8 Å². The Bertz CT molecular complexity index is 1450. The van der Waals surface area contributed by atoms with Crippen molar-refractivity contribution in [1.82, 2.24) is 23.9 Å². The molecule has 0 aliphatic carbocycles. The second-order valence-corrected chi connectivity index (χ2v) is 8.61. The van der Waals surface area contributed by atoms with Crippen LogP contribution in [0, 0.1) is 6.92 Å². The Balaban J connectivity index is 1.55. The van der Waals surface area contributed by atoms with Gasteiger partial charge in [0, 0.05) is 41.8 Å². The number of pyridine rings is 1. The van der Waals surface area contributed by atoms with Gasteiger partial charge >= 0.3 is 0 Å². The lowest BCUT2D eigenvalue weighted by atomic mass is 10.1. The van der Waals surface area contributed by atoms with E-state index in [1.165, 1.54) is 6.42 Å². The normalized spacial score (nSPS) is 16.8. The molecule has 0 spiro atoms. The summed E-state index contributed by atoms with van der Waals surface area (Å²) in [5.41, 5.74) is 5.61. The maximum Gasteiger partial charge on any atom is 0.234 e. The number of ether oxygens (including phenoxy) is 1. The lowest BCUT2D eigenvalue weighted by Gasteiger charge is -2.24. The summed E-state index contributed by atoms with van der Waals surface area (Å²) in [4.78, 5) is 14.0. The van der Waals surface area contributed by atoms with E-state index in [-0.39, 0.29) is 6.23 Å².